The van der Waals surface area contributed by atoms with Crippen LogP contribution in [0, 0.1) is 0 Å². The molecule has 1 aliphatic carbocycles. The molecule has 0 unspecified atom stereocenters. The molecule has 8 rings (SSSR count). The molecule has 0 aromatic heterocycles. The normalized spacial score (nSPS) is 14.0. The molecule has 1 heteroatoms. The largest absolute Gasteiger partial charge is 0.457 e. The van der Waals surface area contributed by atoms with Gasteiger partial charge in [-0.1, -0.05) is 115 Å². The molecule has 6 aromatic carbocycles. The molecule has 2 aliphatic rings. The molecule has 0 saturated carbocycles. The fourth-order valence-electron chi connectivity index (χ4n) is 6.48. The zero-order chi connectivity index (χ0) is 23.7. The lowest BCUT2D eigenvalue weighted by Crippen LogP contribution is -2.32. The minimum absolute atomic E-state index is 0.453. The van der Waals surface area contributed by atoms with Gasteiger partial charge in [0.25, 0.3) is 0 Å². The quantitative estimate of drug-likeness (QED) is 0.238. The molecule has 0 radical (unpaired) electrons. The average molecular weight is 459 g/mol. The van der Waals surface area contributed by atoms with Crippen molar-refractivity contribution >= 4 is 10.8 Å². The predicted octanol–water partition coefficient (Wildman–Crippen LogP) is 8.98. The van der Waals surface area contributed by atoms with E-state index in [1.165, 1.54) is 55.3 Å². The molecule has 1 aliphatic heterocycles. The molecule has 1 heterocycles. The van der Waals surface area contributed by atoms with Gasteiger partial charge in [-0.3, -0.25) is 0 Å². The maximum Gasteiger partial charge on any atom is 0.132 e. The second-order valence-corrected chi connectivity index (χ2v) is 9.68. The van der Waals surface area contributed by atoms with Crippen LogP contribution in [0.4, 0.5) is 0 Å². The first-order valence-electron chi connectivity index (χ1n) is 12.4. The van der Waals surface area contributed by atoms with Gasteiger partial charge in [0.2, 0.25) is 0 Å². The second-order valence-electron chi connectivity index (χ2n) is 9.68. The van der Waals surface area contributed by atoms with Crippen LogP contribution in [0.1, 0.15) is 22.3 Å². The molecule has 0 saturated heterocycles. The van der Waals surface area contributed by atoms with Crippen molar-refractivity contribution in [2.75, 3.05) is 0 Å². The first-order valence-corrected chi connectivity index (χ1v) is 12.4. The summed E-state index contributed by atoms with van der Waals surface area (Å²) in [6.45, 7) is 0. The summed E-state index contributed by atoms with van der Waals surface area (Å²) in [6, 6.07) is 48.2. The maximum atomic E-state index is 6.50. The molecule has 0 amide bonds. The fraction of sp³-hybridized carbons (Fsp3) is 0.0286. The Kier molecular flexibility index (Phi) is 3.93. The van der Waals surface area contributed by atoms with Crippen LogP contribution in [0.15, 0.2) is 133 Å². The Morgan fingerprint density at radius 1 is 0.444 bits per heavy atom. The molecule has 36 heavy (non-hydrogen) atoms. The van der Waals surface area contributed by atoms with Crippen molar-refractivity contribution < 1.29 is 4.74 Å². The van der Waals surface area contributed by atoms with E-state index in [4.69, 9.17) is 4.74 Å². The SMILES string of the molecule is c1ccc(-c2ccc3c(c2)C2(c4ccccc4Oc4ccccc42)c2ccc4ccccc4c2-3)cc1. The summed E-state index contributed by atoms with van der Waals surface area (Å²) in [5.74, 6) is 1.85. The Hall–Kier alpha value is -4.62. The van der Waals surface area contributed by atoms with Crippen LogP contribution < -0.4 is 4.74 Å². The zero-order valence-electron chi connectivity index (χ0n) is 19.6. The Morgan fingerprint density at radius 2 is 1.11 bits per heavy atom. The van der Waals surface area contributed by atoms with Gasteiger partial charge in [-0.05, 0) is 62.4 Å². The molecule has 1 nitrogen and oxygen atoms in total. The summed E-state index contributed by atoms with van der Waals surface area (Å²) in [5, 5.41) is 2.56. The van der Waals surface area contributed by atoms with Crippen molar-refractivity contribution in [3.05, 3.63) is 156 Å². The van der Waals surface area contributed by atoms with E-state index in [-0.39, 0.29) is 0 Å². The third-order valence-corrected chi connectivity index (χ3v) is 7.94. The van der Waals surface area contributed by atoms with Crippen molar-refractivity contribution in [1.82, 2.24) is 0 Å². The van der Waals surface area contributed by atoms with Gasteiger partial charge in [-0.25, -0.2) is 0 Å². The van der Waals surface area contributed by atoms with Gasteiger partial charge in [0.15, 0.2) is 0 Å². The highest BCUT2D eigenvalue weighted by atomic mass is 16.5. The fourth-order valence-corrected chi connectivity index (χ4v) is 6.48. The van der Waals surface area contributed by atoms with E-state index in [2.05, 4.69) is 133 Å². The van der Waals surface area contributed by atoms with Crippen LogP contribution in [0.2, 0.25) is 0 Å². The zero-order valence-corrected chi connectivity index (χ0v) is 19.6. The second kappa shape index (κ2) is 7.19. The molecule has 0 bridgehead atoms. The first kappa shape index (κ1) is 19.7. The number of para-hydroxylation sites is 2. The number of hydrogen-bond acceptors (Lipinski definition) is 1. The molecule has 1 spiro atoms. The number of ether oxygens (including phenoxy) is 1. The van der Waals surface area contributed by atoms with E-state index >= 15 is 0 Å². The summed E-state index contributed by atoms with van der Waals surface area (Å²) < 4.78 is 6.50. The summed E-state index contributed by atoms with van der Waals surface area (Å²) in [4.78, 5) is 0. The standard InChI is InChI=1S/C35H22O/c1-2-10-23(11-3-1)25-18-20-27-31(22-25)35(30-21-19-24-12-4-5-13-26(24)34(27)30)28-14-6-8-16-32(28)36-33-17-9-7-15-29(33)35/h1-22H. The lowest BCUT2D eigenvalue weighted by Gasteiger charge is -2.39. The van der Waals surface area contributed by atoms with Crippen LogP contribution in [-0.4, -0.2) is 0 Å². The number of fused-ring (bicyclic) bond motifs is 11. The Labute approximate surface area is 210 Å². The predicted molar refractivity (Wildman–Crippen MR) is 147 cm³/mol. The Balaban J connectivity index is 1.58. The van der Waals surface area contributed by atoms with Crippen molar-refractivity contribution in [2.45, 2.75) is 5.41 Å². The highest BCUT2D eigenvalue weighted by Gasteiger charge is 2.51. The van der Waals surface area contributed by atoms with Crippen LogP contribution in [0.5, 0.6) is 11.5 Å². The average Bonchev–Trinajstić information content (AvgIpc) is 3.24. The summed E-state index contributed by atoms with van der Waals surface area (Å²) >= 11 is 0. The topological polar surface area (TPSA) is 9.23 Å². The number of rotatable bonds is 1. The van der Waals surface area contributed by atoms with Crippen LogP contribution in [0.25, 0.3) is 33.0 Å². The van der Waals surface area contributed by atoms with Crippen molar-refractivity contribution in [1.29, 1.82) is 0 Å². The number of benzene rings is 6. The van der Waals surface area contributed by atoms with Gasteiger partial charge in [0, 0.05) is 11.1 Å². The van der Waals surface area contributed by atoms with Crippen molar-refractivity contribution in [2.24, 2.45) is 0 Å². The van der Waals surface area contributed by atoms with Gasteiger partial charge in [-0.15, -0.1) is 0 Å². The van der Waals surface area contributed by atoms with E-state index in [1.54, 1.807) is 0 Å². The molecular weight excluding hydrogens is 436 g/mol. The first-order chi connectivity index (χ1) is 17.9. The van der Waals surface area contributed by atoms with Gasteiger partial charge in [0.05, 0.1) is 5.41 Å². The van der Waals surface area contributed by atoms with Crippen LogP contribution >= 0.6 is 0 Å². The summed E-state index contributed by atoms with van der Waals surface area (Å²) in [5.41, 5.74) is 9.67. The maximum absolute atomic E-state index is 6.50. The molecule has 6 aromatic rings. The highest BCUT2D eigenvalue weighted by molar-refractivity contribution is 6.05. The lowest BCUT2D eigenvalue weighted by atomic mass is 9.66. The van der Waals surface area contributed by atoms with Crippen molar-refractivity contribution in [3.8, 4) is 33.8 Å². The number of hydrogen-bond donors (Lipinski definition) is 0. The third kappa shape index (κ3) is 2.44. The van der Waals surface area contributed by atoms with Gasteiger partial charge >= 0.3 is 0 Å². The van der Waals surface area contributed by atoms with E-state index in [9.17, 15) is 0 Å². The van der Waals surface area contributed by atoms with E-state index < -0.39 is 5.41 Å². The Bertz CT molecular complexity index is 1770. The van der Waals surface area contributed by atoms with Gasteiger partial charge in [0.1, 0.15) is 11.5 Å². The molecule has 0 fully saturated rings. The monoisotopic (exact) mass is 458 g/mol. The van der Waals surface area contributed by atoms with Gasteiger partial charge in [-0.2, -0.15) is 0 Å². The van der Waals surface area contributed by atoms with Gasteiger partial charge < -0.3 is 4.74 Å². The van der Waals surface area contributed by atoms with E-state index in [0.717, 1.165) is 11.5 Å². The van der Waals surface area contributed by atoms with E-state index in [0.29, 0.717) is 0 Å². The molecule has 168 valence electrons. The van der Waals surface area contributed by atoms with Crippen molar-refractivity contribution in [3.63, 3.8) is 0 Å². The van der Waals surface area contributed by atoms with E-state index in [1.807, 2.05) is 0 Å². The molecule has 0 atom stereocenters. The summed E-state index contributed by atoms with van der Waals surface area (Å²) in [7, 11) is 0. The summed E-state index contributed by atoms with van der Waals surface area (Å²) in [6.07, 6.45) is 0. The minimum Gasteiger partial charge on any atom is -0.457 e. The molecular formula is C35H22O. The highest BCUT2D eigenvalue weighted by Crippen LogP contribution is 2.63. The van der Waals surface area contributed by atoms with Crippen LogP contribution in [0.3, 0.4) is 0 Å². The lowest BCUT2D eigenvalue weighted by molar-refractivity contribution is 0.436. The molecule has 0 N–H and O–H groups in total. The minimum atomic E-state index is -0.453. The smallest absolute Gasteiger partial charge is 0.132 e. The third-order valence-electron chi connectivity index (χ3n) is 7.94. The van der Waals surface area contributed by atoms with Crippen LogP contribution in [-0.2, 0) is 5.41 Å². The Morgan fingerprint density at radius 3 is 1.89 bits per heavy atom.